The van der Waals surface area contributed by atoms with Crippen molar-refractivity contribution in [3.05, 3.63) is 70.2 Å². The van der Waals surface area contributed by atoms with Crippen LogP contribution < -0.4 is 5.43 Å². The fraction of sp³-hybridized carbons (Fsp3) is 0.308. The first kappa shape index (κ1) is 21.2. The molecule has 7 heteroatoms. The Morgan fingerprint density at radius 2 is 2.06 bits per heavy atom. The Bertz CT molecular complexity index is 1440. The van der Waals surface area contributed by atoms with Crippen LogP contribution in [0.2, 0.25) is 0 Å². The lowest BCUT2D eigenvalue weighted by Crippen LogP contribution is -2.34. The van der Waals surface area contributed by atoms with Gasteiger partial charge in [-0.05, 0) is 24.8 Å². The molecule has 1 atom stereocenters. The lowest BCUT2D eigenvalue weighted by Gasteiger charge is -2.37. The predicted molar refractivity (Wildman–Crippen MR) is 122 cm³/mol. The van der Waals surface area contributed by atoms with E-state index in [2.05, 4.69) is 0 Å². The maximum Gasteiger partial charge on any atom is 0.343 e. The number of hydrogen-bond donors (Lipinski definition) is 0. The summed E-state index contributed by atoms with van der Waals surface area (Å²) in [5.41, 5.74) is 1.56. The van der Waals surface area contributed by atoms with Crippen LogP contribution in [0.4, 0.5) is 4.39 Å². The van der Waals surface area contributed by atoms with Gasteiger partial charge >= 0.3 is 5.97 Å². The van der Waals surface area contributed by atoms with Gasteiger partial charge in [0.15, 0.2) is 11.6 Å². The van der Waals surface area contributed by atoms with Crippen LogP contribution >= 0.6 is 0 Å². The fourth-order valence-electron chi connectivity index (χ4n) is 4.64. The van der Waals surface area contributed by atoms with Crippen molar-refractivity contribution in [2.24, 2.45) is 5.41 Å². The van der Waals surface area contributed by atoms with Crippen molar-refractivity contribution in [1.82, 2.24) is 4.57 Å². The van der Waals surface area contributed by atoms with Crippen molar-refractivity contribution < 1.29 is 22.8 Å². The number of nitrogens with zero attached hydrogens (tertiary/aromatic N) is 1. The van der Waals surface area contributed by atoms with E-state index >= 15 is 4.39 Å². The quantitative estimate of drug-likeness (QED) is 0.360. The first-order valence-corrected chi connectivity index (χ1v) is 10.9. The predicted octanol–water partition coefficient (Wildman–Crippen LogP) is 5.98. The second kappa shape index (κ2) is 7.47. The Hall–Kier alpha value is -3.61. The average molecular weight is 449 g/mol. The first-order chi connectivity index (χ1) is 15.7. The number of aromatic nitrogens is 1. The SMILES string of the molecule is CCOC(=O)c1cn2c(c(F)c1=O)-c1oc3c(-c4ccoc4)cccc3c1C[C@H]2C(C)(C)C. The lowest BCUT2D eigenvalue weighted by atomic mass is 9.79. The van der Waals surface area contributed by atoms with Gasteiger partial charge in [-0.1, -0.05) is 39.0 Å². The van der Waals surface area contributed by atoms with Crippen LogP contribution in [-0.4, -0.2) is 17.1 Å². The number of ether oxygens (including phenoxy) is 1. The molecule has 0 unspecified atom stereocenters. The van der Waals surface area contributed by atoms with Gasteiger partial charge in [0.2, 0.25) is 5.43 Å². The van der Waals surface area contributed by atoms with E-state index in [4.69, 9.17) is 13.6 Å². The highest BCUT2D eigenvalue weighted by Crippen LogP contribution is 2.48. The highest BCUT2D eigenvalue weighted by atomic mass is 19.1. The van der Waals surface area contributed by atoms with Crippen LogP contribution in [0.1, 0.15) is 49.7 Å². The molecule has 0 aliphatic carbocycles. The van der Waals surface area contributed by atoms with E-state index in [0.717, 1.165) is 22.1 Å². The molecule has 5 rings (SSSR count). The zero-order valence-corrected chi connectivity index (χ0v) is 18.9. The molecule has 1 aliphatic rings. The van der Waals surface area contributed by atoms with E-state index in [1.165, 1.54) is 6.20 Å². The van der Waals surface area contributed by atoms with Crippen molar-refractivity contribution in [3.63, 3.8) is 0 Å². The molecule has 0 N–H and O–H groups in total. The molecular weight excluding hydrogens is 425 g/mol. The Balaban J connectivity index is 1.83. The number of rotatable bonds is 3. The zero-order chi connectivity index (χ0) is 23.5. The standard InChI is InChI=1S/C26H24FNO5/c1-5-32-25(30)18-12-28-19(26(2,3)4)11-17-16-8-6-7-15(14-9-10-31-13-14)23(16)33-24(17)21(28)20(27)22(18)29/h6-10,12-13,19H,5,11H2,1-4H3/t19-/m0/s1. The Labute approximate surface area is 189 Å². The summed E-state index contributed by atoms with van der Waals surface area (Å²) in [4.78, 5) is 25.2. The molecule has 0 saturated heterocycles. The smallest absolute Gasteiger partial charge is 0.343 e. The summed E-state index contributed by atoms with van der Waals surface area (Å²) >= 11 is 0. The number of fused-ring (bicyclic) bond motifs is 5. The third-order valence-corrected chi connectivity index (χ3v) is 6.27. The largest absolute Gasteiger partial charge is 0.472 e. The monoisotopic (exact) mass is 449 g/mol. The highest BCUT2D eigenvalue weighted by molar-refractivity contribution is 5.98. The molecule has 33 heavy (non-hydrogen) atoms. The topological polar surface area (TPSA) is 74.6 Å². The first-order valence-electron chi connectivity index (χ1n) is 10.9. The molecule has 0 radical (unpaired) electrons. The Kier molecular flexibility index (Phi) is 4.81. The number of hydrogen-bond acceptors (Lipinski definition) is 5. The fourth-order valence-corrected chi connectivity index (χ4v) is 4.64. The van der Waals surface area contributed by atoms with Gasteiger partial charge < -0.3 is 18.1 Å². The van der Waals surface area contributed by atoms with Gasteiger partial charge in [-0.15, -0.1) is 0 Å². The number of carbonyl (C=O) groups excluding carboxylic acids is 1. The molecule has 170 valence electrons. The maximum atomic E-state index is 15.7. The molecule has 0 spiro atoms. The number of esters is 1. The second-order valence-corrected chi connectivity index (χ2v) is 9.35. The summed E-state index contributed by atoms with van der Waals surface area (Å²) in [6, 6.07) is 7.39. The van der Waals surface area contributed by atoms with Crippen LogP contribution in [0.15, 0.2) is 56.6 Å². The van der Waals surface area contributed by atoms with E-state index in [9.17, 15) is 9.59 Å². The van der Waals surface area contributed by atoms with E-state index in [0.29, 0.717) is 17.8 Å². The summed E-state index contributed by atoms with van der Waals surface area (Å²) in [5, 5.41) is 0.866. The molecule has 6 nitrogen and oxygen atoms in total. The van der Waals surface area contributed by atoms with Crippen LogP contribution in [-0.2, 0) is 11.2 Å². The van der Waals surface area contributed by atoms with E-state index in [1.807, 2.05) is 45.0 Å². The van der Waals surface area contributed by atoms with Crippen molar-refractivity contribution in [3.8, 4) is 22.6 Å². The van der Waals surface area contributed by atoms with Crippen molar-refractivity contribution >= 4 is 16.9 Å². The van der Waals surface area contributed by atoms with Crippen LogP contribution in [0.25, 0.3) is 33.6 Å². The lowest BCUT2D eigenvalue weighted by molar-refractivity contribution is 0.0522. The molecule has 4 heterocycles. The molecule has 0 bridgehead atoms. The second-order valence-electron chi connectivity index (χ2n) is 9.35. The van der Waals surface area contributed by atoms with Gasteiger partial charge in [-0.2, -0.15) is 0 Å². The summed E-state index contributed by atoms with van der Waals surface area (Å²) in [6.07, 6.45) is 5.18. The summed E-state index contributed by atoms with van der Waals surface area (Å²) in [7, 11) is 0. The molecular formula is C26H24FNO5. The van der Waals surface area contributed by atoms with Crippen molar-refractivity contribution in [2.75, 3.05) is 6.61 Å². The van der Waals surface area contributed by atoms with Gasteiger partial charge in [0.25, 0.3) is 0 Å². The van der Waals surface area contributed by atoms with Crippen LogP contribution in [0.5, 0.6) is 0 Å². The summed E-state index contributed by atoms with van der Waals surface area (Å²) in [6.45, 7) is 7.87. The minimum Gasteiger partial charge on any atom is -0.472 e. The third-order valence-electron chi connectivity index (χ3n) is 6.27. The molecule has 1 aliphatic heterocycles. The number of benzene rings is 1. The average Bonchev–Trinajstić information content (AvgIpc) is 3.42. The van der Waals surface area contributed by atoms with Crippen LogP contribution in [0, 0.1) is 11.2 Å². The van der Waals surface area contributed by atoms with Gasteiger partial charge in [0.1, 0.15) is 16.8 Å². The van der Waals surface area contributed by atoms with Gasteiger partial charge in [-0.3, -0.25) is 4.79 Å². The molecule has 1 aromatic carbocycles. The number of para-hydroxylation sites is 1. The summed E-state index contributed by atoms with van der Waals surface area (Å²) < 4.78 is 33.8. The number of pyridine rings is 1. The number of carbonyl (C=O) groups is 1. The third kappa shape index (κ3) is 3.22. The van der Waals surface area contributed by atoms with Crippen LogP contribution in [0.3, 0.4) is 0 Å². The Morgan fingerprint density at radius 1 is 1.27 bits per heavy atom. The number of furan rings is 2. The zero-order valence-electron chi connectivity index (χ0n) is 18.9. The van der Waals surface area contributed by atoms with Gasteiger partial charge in [0, 0.05) is 34.3 Å². The van der Waals surface area contributed by atoms with Crippen molar-refractivity contribution in [2.45, 2.75) is 40.2 Å². The van der Waals surface area contributed by atoms with Gasteiger partial charge in [0.05, 0.1) is 19.1 Å². The van der Waals surface area contributed by atoms with E-state index < -0.39 is 17.2 Å². The highest BCUT2D eigenvalue weighted by Gasteiger charge is 2.39. The van der Waals surface area contributed by atoms with Gasteiger partial charge in [-0.25, -0.2) is 9.18 Å². The molecule has 3 aromatic heterocycles. The Morgan fingerprint density at radius 3 is 2.73 bits per heavy atom. The molecule has 0 fully saturated rings. The molecule has 0 saturated carbocycles. The maximum absolute atomic E-state index is 15.7. The normalized spacial score (nSPS) is 15.4. The number of halogens is 1. The van der Waals surface area contributed by atoms with E-state index in [-0.39, 0.29) is 29.3 Å². The molecule has 0 amide bonds. The minimum absolute atomic E-state index is 0.0589. The van der Waals surface area contributed by atoms with E-state index in [1.54, 1.807) is 24.0 Å². The molecule has 4 aromatic rings. The summed E-state index contributed by atoms with van der Waals surface area (Å²) in [5.74, 6) is -1.53. The minimum atomic E-state index is -1.01. The van der Waals surface area contributed by atoms with Crippen molar-refractivity contribution in [1.29, 1.82) is 0 Å².